The van der Waals surface area contributed by atoms with Crippen LogP contribution in [0.2, 0.25) is 0 Å². The topological polar surface area (TPSA) is 87.0 Å². The van der Waals surface area contributed by atoms with E-state index in [2.05, 4.69) is 24.5 Å². The summed E-state index contributed by atoms with van der Waals surface area (Å²) in [5.41, 5.74) is 5.29. The highest BCUT2D eigenvalue weighted by molar-refractivity contribution is 4.51. The summed E-state index contributed by atoms with van der Waals surface area (Å²) in [6.45, 7) is 9.84. The first-order valence-corrected chi connectivity index (χ1v) is 11.1. The Balaban J connectivity index is 0. The maximum Gasteiger partial charge on any atom is 0.411 e. The third kappa shape index (κ3) is 20.5. The largest absolute Gasteiger partial charge is 0.411 e. The second-order valence-electron chi connectivity index (χ2n) is 6.72. The average molecular weight is 408 g/mol. The first-order chi connectivity index (χ1) is 13.7. The Kier molecular flexibility index (Phi) is 26.5. The van der Waals surface area contributed by atoms with Crippen LogP contribution in [-0.2, 0) is 18.9 Å². The van der Waals surface area contributed by atoms with Gasteiger partial charge in [-0.25, -0.2) is 0 Å². The molecule has 0 aromatic heterocycles. The molecule has 0 aliphatic rings. The van der Waals surface area contributed by atoms with Gasteiger partial charge in [0.05, 0.1) is 6.61 Å². The standard InChI is InChI=1S/C14H30O4.C7H19N3/c1-5-6-7-8-9-10-11-12-13-18-14(15-2,16-3)17-4;1-2-4-9-6-7-10-5-3-8/h5-13H2,1-4H3;9-10H,2-8H2,1H3. The number of methoxy groups -OCH3 is 3. The molecule has 0 aliphatic carbocycles. The molecule has 0 fully saturated rings. The molecule has 0 heterocycles. The summed E-state index contributed by atoms with van der Waals surface area (Å²) in [6, 6.07) is 0. The van der Waals surface area contributed by atoms with Crippen LogP contribution in [0.25, 0.3) is 0 Å². The molecule has 0 bridgehead atoms. The number of rotatable bonds is 20. The van der Waals surface area contributed by atoms with Gasteiger partial charge in [-0.2, -0.15) is 0 Å². The molecule has 0 aromatic rings. The van der Waals surface area contributed by atoms with Gasteiger partial charge in [0.15, 0.2) is 0 Å². The normalized spacial score (nSPS) is 11.4. The summed E-state index contributed by atoms with van der Waals surface area (Å²) >= 11 is 0. The fourth-order valence-electron chi connectivity index (χ4n) is 2.57. The van der Waals surface area contributed by atoms with Crippen molar-refractivity contribution in [2.75, 3.05) is 60.7 Å². The predicted molar refractivity (Wildman–Crippen MR) is 117 cm³/mol. The monoisotopic (exact) mass is 407 g/mol. The summed E-state index contributed by atoms with van der Waals surface area (Å²) < 4.78 is 20.6. The molecule has 0 radical (unpaired) electrons. The molecule has 0 spiro atoms. The SMILES string of the molecule is CCCCCCCCCCOC(OC)(OC)OC.CCCNCCNCCN. The van der Waals surface area contributed by atoms with E-state index in [0.717, 1.165) is 39.1 Å². The Morgan fingerprint density at radius 2 is 1.14 bits per heavy atom. The molecular formula is C21H49N3O4. The number of hydrogen-bond donors (Lipinski definition) is 3. The van der Waals surface area contributed by atoms with Crippen molar-refractivity contribution >= 4 is 0 Å². The van der Waals surface area contributed by atoms with Gasteiger partial charge in [0.1, 0.15) is 0 Å². The van der Waals surface area contributed by atoms with Crippen LogP contribution in [0.15, 0.2) is 0 Å². The lowest BCUT2D eigenvalue weighted by Crippen LogP contribution is -2.39. The van der Waals surface area contributed by atoms with Crippen LogP contribution in [0.5, 0.6) is 0 Å². The summed E-state index contributed by atoms with van der Waals surface area (Å²) in [5, 5.41) is 6.50. The van der Waals surface area contributed by atoms with Crippen molar-refractivity contribution in [3.63, 3.8) is 0 Å². The van der Waals surface area contributed by atoms with E-state index in [9.17, 15) is 0 Å². The van der Waals surface area contributed by atoms with Crippen LogP contribution in [0.4, 0.5) is 0 Å². The van der Waals surface area contributed by atoms with E-state index in [4.69, 9.17) is 24.7 Å². The minimum atomic E-state index is -1.33. The zero-order valence-corrected chi connectivity index (χ0v) is 19.3. The van der Waals surface area contributed by atoms with Gasteiger partial charge in [-0.15, -0.1) is 0 Å². The zero-order chi connectivity index (χ0) is 21.3. The van der Waals surface area contributed by atoms with Crippen molar-refractivity contribution in [2.45, 2.75) is 77.8 Å². The molecule has 172 valence electrons. The smallest absolute Gasteiger partial charge is 0.329 e. The molecule has 7 heteroatoms. The first-order valence-electron chi connectivity index (χ1n) is 11.1. The van der Waals surface area contributed by atoms with Gasteiger partial charge in [0, 0.05) is 47.5 Å². The molecule has 0 saturated carbocycles. The molecule has 0 aliphatic heterocycles. The van der Waals surface area contributed by atoms with Gasteiger partial charge in [0.2, 0.25) is 0 Å². The molecule has 0 atom stereocenters. The lowest BCUT2D eigenvalue weighted by Gasteiger charge is -2.27. The van der Waals surface area contributed by atoms with Crippen LogP contribution >= 0.6 is 0 Å². The van der Waals surface area contributed by atoms with Crippen LogP contribution in [0, 0.1) is 0 Å². The van der Waals surface area contributed by atoms with E-state index in [0.29, 0.717) is 6.61 Å². The van der Waals surface area contributed by atoms with Crippen LogP contribution in [0.3, 0.4) is 0 Å². The van der Waals surface area contributed by atoms with E-state index < -0.39 is 6.16 Å². The van der Waals surface area contributed by atoms with Crippen molar-refractivity contribution in [2.24, 2.45) is 5.73 Å². The predicted octanol–water partition coefficient (Wildman–Crippen LogP) is 3.23. The maximum atomic E-state index is 5.46. The Morgan fingerprint density at radius 1 is 0.643 bits per heavy atom. The highest BCUT2D eigenvalue weighted by Gasteiger charge is 2.30. The van der Waals surface area contributed by atoms with Gasteiger partial charge < -0.3 is 35.3 Å². The number of nitrogens with one attached hydrogen (secondary N) is 2. The van der Waals surface area contributed by atoms with Gasteiger partial charge in [-0.3, -0.25) is 0 Å². The van der Waals surface area contributed by atoms with E-state index >= 15 is 0 Å². The first kappa shape index (κ1) is 29.9. The fourth-order valence-corrected chi connectivity index (χ4v) is 2.57. The lowest BCUT2D eigenvalue weighted by molar-refractivity contribution is -0.479. The Hall–Kier alpha value is -0.280. The highest BCUT2D eigenvalue weighted by Crippen LogP contribution is 2.15. The van der Waals surface area contributed by atoms with Gasteiger partial charge in [-0.05, 0) is 19.4 Å². The molecule has 28 heavy (non-hydrogen) atoms. The summed E-state index contributed by atoms with van der Waals surface area (Å²) in [6.07, 6.45) is 10.0. The molecule has 0 unspecified atom stereocenters. The van der Waals surface area contributed by atoms with Gasteiger partial charge >= 0.3 is 6.16 Å². The molecule has 0 rings (SSSR count). The molecular weight excluding hydrogens is 358 g/mol. The van der Waals surface area contributed by atoms with Crippen molar-refractivity contribution < 1.29 is 18.9 Å². The average Bonchev–Trinajstić information content (AvgIpc) is 2.73. The molecule has 4 N–H and O–H groups in total. The Bertz CT molecular complexity index is 264. The van der Waals surface area contributed by atoms with Crippen LogP contribution in [0.1, 0.15) is 71.6 Å². The van der Waals surface area contributed by atoms with E-state index in [1.807, 2.05) is 0 Å². The molecule has 7 nitrogen and oxygen atoms in total. The second kappa shape index (κ2) is 24.8. The zero-order valence-electron chi connectivity index (χ0n) is 19.3. The quantitative estimate of drug-likeness (QED) is 0.211. The van der Waals surface area contributed by atoms with Gasteiger partial charge in [-0.1, -0.05) is 58.8 Å². The van der Waals surface area contributed by atoms with Crippen LogP contribution in [-0.4, -0.2) is 66.8 Å². The Labute approximate surface area is 174 Å². The van der Waals surface area contributed by atoms with Crippen LogP contribution < -0.4 is 16.4 Å². The molecule has 0 aromatic carbocycles. The highest BCUT2D eigenvalue weighted by atomic mass is 17.0. The van der Waals surface area contributed by atoms with Gasteiger partial charge in [0.25, 0.3) is 0 Å². The number of ether oxygens (including phenoxy) is 4. The summed E-state index contributed by atoms with van der Waals surface area (Å²) in [4.78, 5) is 0. The minimum absolute atomic E-state index is 0.588. The number of nitrogens with two attached hydrogens (primary N) is 1. The van der Waals surface area contributed by atoms with E-state index in [-0.39, 0.29) is 0 Å². The number of unbranched alkanes of at least 4 members (excludes halogenated alkanes) is 7. The van der Waals surface area contributed by atoms with E-state index in [1.54, 1.807) is 0 Å². The fraction of sp³-hybridized carbons (Fsp3) is 1.00. The van der Waals surface area contributed by atoms with Crippen molar-refractivity contribution in [1.82, 2.24) is 10.6 Å². The van der Waals surface area contributed by atoms with Crippen molar-refractivity contribution in [3.05, 3.63) is 0 Å². The molecule has 0 amide bonds. The van der Waals surface area contributed by atoms with E-state index in [1.165, 1.54) is 72.7 Å². The Morgan fingerprint density at radius 3 is 1.61 bits per heavy atom. The third-order valence-corrected chi connectivity index (χ3v) is 4.25. The minimum Gasteiger partial charge on any atom is -0.329 e. The summed E-state index contributed by atoms with van der Waals surface area (Å²) in [5.74, 6) is 0. The maximum absolute atomic E-state index is 5.46. The molecule has 0 saturated heterocycles. The third-order valence-electron chi connectivity index (χ3n) is 4.25. The van der Waals surface area contributed by atoms with Crippen molar-refractivity contribution in [1.29, 1.82) is 0 Å². The summed E-state index contributed by atoms with van der Waals surface area (Å²) in [7, 11) is 4.50. The second-order valence-corrected chi connectivity index (χ2v) is 6.72. The number of hydrogen-bond acceptors (Lipinski definition) is 7. The lowest BCUT2D eigenvalue weighted by atomic mass is 10.1. The van der Waals surface area contributed by atoms with Crippen molar-refractivity contribution in [3.8, 4) is 0 Å².